The fourth-order valence-electron chi connectivity index (χ4n) is 1.20. The van der Waals surface area contributed by atoms with E-state index in [-0.39, 0.29) is 24.9 Å². The van der Waals surface area contributed by atoms with Gasteiger partial charge in [-0.15, -0.1) is 11.6 Å². The zero-order chi connectivity index (χ0) is 12.0. The fraction of sp³-hybridized carbons (Fsp3) is 0.364. The minimum atomic E-state index is -0.380. The molecule has 0 heterocycles. The third-order valence-electron chi connectivity index (χ3n) is 2.07. The minimum absolute atomic E-state index is 0.0622. The molecule has 1 aromatic rings. The summed E-state index contributed by atoms with van der Waals surface area (Å²) >= 11 is 5.41. The fourth-order valence-corrected chi connectivity index (χ4v) is 1.35. The highest BCUT2D eigenvalue weighted by Crippen LogP contribution is 2.18. The van der Waals surface area contributed by atoms with E-state index in [0.717, 1.165) is 11.1 Å². The van der Waals surface area contributed by atoms with Crippen molar-refractivity contribution in [1.82, 2.24) is 0 Å². The second-order valence-corrected chi connectivity index (χ2v) is 3.65. The van der Waals surface area contributed by atoms with E-state index in [1.54, 1.807) is 18.2 Å². The van der Waals surface area contributed by atoms with Gasteiger partial charge in [0.1, 0.15) is 12.4 Å². The molecule has 1 N–H and O–H groups in total. The average molecular weight is 245 g/mol. The van der Waals surface area contributed by atoms with Gasteiger partial charge in [-0.1, -0.05) is 6.07 Å². The van der Waals surface area contributed by atoms with E-state index in [4.69, 9.17) is 21.6 Å². The Morgan fingerprint density at radius 1 is 1.50 bits per heavy atom. The number of carbonyl (C=O) groups excluding carboxylic acids is 1. The second kappa shape index (κ2) is 6.48. The highest BCUT2D eigenvalue weighted by atomic mass is 35.5. The number of benzene rings is 1. The first-order chi connectivity index (χ1) is 7.67. The number of halogens is 1. The lowest BCUT2D eigenvalue weighted by molar-refractivity contribution is -0.253. The van der Waals surface area contributed by atoms with Crippen LogP contribution in [0.15, 0.2) is 18.2 Å². The summed E-state index contributed by atoms with van der Waals surface area (Å²) in [6, 6.07) is 5.12. The molecule has 5 heteroatoms. The molecular formula is C11H13ClO4. The van der Waals surface area contributed by atoms with Crippen LogP contribution < -0.4 is 4.74 Å². The first-order valence-electron chi connectivity index (χ1n) is 4.80. The number of hydrogen-bond donors (Lipinski definition) is 1. The number of aryl methyl sites for hydroxylation is 1. The number of esters is 1. The molecule has 0 radical (unpaired) electrons. The van der Waals surface area contributed by atoms with Gasteiger partial charge in [-0.05, 0) is 30.2 Å². The molecule has 16 heavy (non-hydrogen) atoms. The zero-order valence-corrected chi connectivity index (χ0v) is 9.66. The Kier molecular flexibility index (Phi) is 5.25. The van der Waals surface area contributed by atoms with Crippen LogP contribution in [0.3, 0.4) is 0 Å². The number of carbonyl (C=O) groups is 1. The van der Waals surface area contributed by atoms with E-state index in [9.17, 15) is 4.79 Å². The summed E-state index contributed by atoms with van der Waals surface area (Å²) in [7, 11) is 0. The molecule has 0 aromatic heterocycles. The molecule has 88 valence electrons. The molecule has 0 saturated heterocycles. The van der Waals surface area contributed by atoms with E-state index in [1.807, 2.05) is 6.92 Å². The maximum absolute atomic E-state index is 11.2. The van der Waals surface area contributed by atoms with Crippen LogP contribution in [0, 0.1) is 6.92 Å². The monoisotopic (exact) mass is 244 g/mol. The third kappa shape index (κ3) is 3.81. The van der Waals surface area contributed by atoms with E-state index in [1.165, 1.54) is 0 Å². The van der Waals surface area contributed by atoms with Crippen molar-refractivity contribution in [2.24, 2.45) is 0 Å². The van der Waals surface area contributed by atoms with Gasteiger partial charge in [0, 0.05) is 5.88 Å². The number of hydrogen-bond acceptors (Lipinski definition) is 4. The van der Waals surface area contributed by atoms with Crippen molar-refractivity contribution in [3.05, 3.63) is 29.3 Å². The summed E-state index contributed by atoms with van der Waals surface area (Å²) in [4.78, 5) is 15.2. The van der Waals surface area contributed by atoms with Crippen LogP contribution in [0.5, 0.6) is 5.75 Å². The van der Waals surface area contributed by atoms with Crippen molar-refractivity contribution in [3.63, 3.8) is 0 Å². The largest absolute Gasteiger partial charge is 0.426 e. The van der Waals surface area contributed by atoms with Gasteiger partial charge >= 0.3 is 5.97 Å². The van der Waals surface area contributed by atoms with Crippen molar-refractivity contribution < 1.29 is 19.7 Å². The number of alkyl halides is 1. The molecule has 0 atom stereocenters. The van der Waals surface area contributed by atoms with E-state index >= 15 is 0 Å². The van der Waals surface area contributed by atoms with Crippen molar-refractivity contribution in [2.75, 3.05) is 5.88 Å². The van der Waals surface area contributed by atoms with Gasteiger partial charge in [-0.3, -0.25) is 10.1 Å². The molecule has 1 aromatic carbocycles. The summed E-state index contributed by atoms with van der Waals surface area (Å²) in [6.45, 7) is 1.94. The molecule has 0 aliphatic carbocycles. The maximum Gasteiger partial charge on any atom is 0.312 e. The van der Waals surface area contributed by atoms with Crippen molar-refractivity contribution in [2.45, 2.75) is 20.0 Å². The maximum atomic E-state index is 11.2. The first-order valence-corrected chi connectivity index (χ1v) is 5.33. The van der Waals surface area contributed by atoms with Crippen molar-refractivity contribution in [3.8, 4) is 5.75 Å². The van der Waals surface area contributed by atoms with Gasteiger partial charge in [-0.25, -0.2) is 4.89 Å². The lowest BCUT2D eigenvalue weighted by Gasteiger charge is -2.07. The third-order valence-corrected chi connectivity index (χ3v) is 2.26. The lowest BCUT2D eigenvalue weighted by atomic mass is 10.1. The number of ether oxygens (including phenoxy) is 1. The van der Waals surface area contributed by atoms with Crippen LogP contribution >= 0.6 is 11.6 Å². The predicted molar refractivity (Wildman–Crippen MR) is 59.6 cm³/mol. The van der Waals surface area contributed by atoms with E-state index in [0.29, 0.717) is 5.75 Å². The predicted octanol–water partition coefficient (Wildman–Crippen LogP) is 2.52. The Morgan fingerprint density at radius 2 is 2.25 bits per heavy atom. The summed E-state index contributed by atoms with van der Waals surface area (Å²) < 4.78 is 5.04. The van der Waals surface area contributed by atoms with Gasteiger partial charge in [0.05, 0.1) is 6.42 Å². The van der Waals surface area contributed by atoms with Crippen molar-refractivity contribution in [1.29, 1.82) is 0 Å². The Hall–Kier alpha value is -1.10. The van der Waals surface area contributed by atoms with Crippen LogP contribution in [0.4, 0.5) is 0 Å². The van der Waals surface area contributed by atoms with Gasteiger partial charge in [0.2, 0.25) is 0 Å². The van der Waals surface area contributed by atoms with Gasteiger partial charge in [0.25, 0.3) is 0 Å². The zero-order valence-electron chi connectivity index (χ0n) is 8.90. The smallest absolute Gasteiger partial charge is 0.312 e. The first kappa shape index (κ1) is 13.0. The minimum Gasteiger partial charge on any atom is -0.426 e. The molecule has 1 rings (SSSR count). The second-order valence-electron chi connectivity index (χ2n) is 3.27. The molecule has 0 amide bonds. The highest BCUT2D eigenvalue weighted by molar-refractivity contribution is 6.18. The van der Waals surface area contributed by atoms with E-state index < -0.39 is 0 Å². The van der Waals surface area contributed by atoms with Crippen LogP contribution in [-0.2, 0) is 16.3 Å². The number of rotatable bonds is 5. The quantitative estimate of drug-likeness (QED) is 0.284. The van der Waals surface area contributed by atoms with Crippen LogP contribution in [0.2, 0.25) is 0 Å². The van der Waals surface area contributed by atoms with Crippen LogP contribution in [0.1, 0.15) is 17.5 Å². The summed E-state index contributed by atoms with van der Waals surface area (Å²) in [5.41, 5.74) is 1.71. The summed E-state index contributed by atoms with van der Waals surface area (Å²) in [5.74, 6) is 0.277. The molecule has 0 aliphatic heterocycles. The topological polar surface area (TPSA) is 55.8 Å². The summed E-state index contributed by atoms with van der Waals surface area (Å²) in [5, 5.41) is 8.38. The molecule has 0 unspecified atom stereocenters. The van der Waals surface area contributed by atoms with Crippen LogP contribution in [-0.4, -0.2) is 17.1 Å². The van der Waals surface area contributed by atoms with Gasteiger partial charge in [-0.2, -0.15) is 0 Å². The van der Waals surface area contributed by atoms with Gasteiger partial charge in [0.15, 0.2) is 0 Å². The normalized spacial score (nSPS) is 10.2. The SMILES string of the molecule is Cc1ccc(OC(=O)CCCl)cc1COO. The molecule has 0 saturated carbocycles. The summed E-state index contributed by atoms with van der Waals surface area (Å²) in [6.07, 6.45) is 0.168. The molecule has 0 aliphatic rings. The van der Waals surface area contributed by atoms with Gasteiger partial charge < -0.3 is 4.74 Å². The Bertz CT molecular complexity index is 365. The Morgan fingerprint density at radius 3 is 2.88 bits per heavy atom. The molecular weight excluding hydrogens is 232 g/mol. The Balaban J connectivity index is 2.74. The van der Waals surface area contributed by atoms with E-state index in [2.05, 4.69) is 4.89 Å². The van der Waals surface area contributed by atoms with Crippen molar-refractivity contribution >= 4 is 17.6 Å². The molecule has 4 nitrogen and oxygen atoms in total. The molecule has 0 bridgehead atoms. The molecule has 0 spiro atoms. The lowest BCUT2D eigenvalue weighted by Crippen LogP contribution is -2.08. The molecule has 0 fully saturated rings. The highest BCUT2D eigenvalue weighted by Gasteiger charge is 2.06. The standard InChI is InChI=1S/C11H13ClO4/c1-8-2-3-10(6-9(8)7-15-14)16-11(13)4-5-12/h2-3,6,14H,4-5,7H2,1H3. The Labute approximate surface area is 98.7 Å². The van der Waals surface area contributed by atoms with Crippen LogP contribution in [0.25, 0.3) is 0 Å². The average Bonchev–Trinajstić information content (AvgIpc) is 2.24.